The van der Waals surface area contributed by atoms with Crippen LogP contribution in [0.2, 0.25) is 5.15 Å². The number of anilines is 1. The Labute approximate surface area is 111 Å². The summed E-state index contributed by atoms with van der Waals surface area (Å²) in [5.74, 6) is 0.346. The maximum absolute atomic E-state index is 11.4. The van der Waals surface area contributed by atoms with Crippen LogP contribution in [-0.2, 0) is 4.74 Å². The number of pyridine rings is 1. The third-order valence-corrected chi connectivity index (χ3v) is 3.35. The van der Waals surface area contributed by atoms with E-state index in [2.05, 4.69) is 26.6 Å². The van der Waals surface area contributed by atoms with Crippen LogP contribution in [0.4, 0.5) is 5.82 Å². The van der Waals surface area contributed by atoms with Crippen molar-refractivity contribution in [2.45, 2.75) is 0 Å². The van der Waals surface area contributed by atoms with Gasteiger partial charge in [-0.15, -0.1) is 0 Å². The van der Waals surface area contributed by atoms with Crippen molar-refractivity contribution in [2.24, 2.45) is 0 Å². The Morgan fingerprint density at radius 3 is 2.56 bits per heavy atom. The summed E-state index contributed by atoms with van der Waals surface area (Å²) in [5.41, 5.74) is 0.303. The first-order valence-corrected chi connectivity index (χ1v) is 6.18. The Hall–Kier alpha value is -1.33. The van der Waals surface area contributed by atoms with E-state index in [0.29, 0.717) is 5.56 Å². The average molecular weight is 270 g/mol. The molecule has 0 bridgehead atoms. The maximum Gasteiger partial charge on any atom is 0.341 e. The van der Waals surface area contributed by atoms with Crippen molar-refractivity contribution in [3.8, 4) is 0 Å². The Morgan fingerprint density at radius 2 is 2.00 bits per heavy atom. The maximum atomic E-state index is 11.4. The molecule has 0 N–H and O–H groups in total. The molecule has 1 aromatic rings. The van der Waals surface area contributed by atoms with E-state index in [1.165, 1.54) is 7.11 Å². The number of carbonyl (C=O) groups excluding carboxylic acids is 1. The first kappa shape index (κ1) is 13.1. The molecule has 1 aliphatic rings. The number of hydrogen-bond donors (Lipinski definition) is 0. The van der Waals surface area contributed by atoms with Crippen LogP contribution in [0.5, 0.6) is 0 Å². The molecule has 0 radical (unpaired) electrons. The van der Waals surface area contributed by atoms with Crippen molar-refractivity contribution >= 4 is 23.4 Å². The van der Waals surface area contributed by atoms with Crippen LogP contribution in [0.1, 0.15) is 10.4 Å². The Kier molecular flexibility index (Phi) is 4.04. The molecule has 0 unspecified atom stereocenters. The summed E-state index contributed by atoms with van der Waals surface area (Å²) in [7, 11) is 3.42. The van der Waals surface area contributed by atoms with Gasteiger partial charge in [0.15, 0.2) is 0 Å². The Bertz CT molecular complexity index is 445. The predicted molar refractivity (Wildman–Crippen MR) is 70.3 cm³/mol. The first-order valence-electron chi connectivity index (χ1n) is 5.80. The predicted octanol–water partition coefficient (Wildman–Crippen LogP) is 1.27. The van der Waals surface area contributed by atoms with Gasteiger partial charge in [-0.2, -0.15) is 0 Å². The van der Waals surface area contributed by atoms with Gasteiger partial charge in [-0.1, -0.05) is 11.6 Å². The lowest BCUT2D eigenvalue weighted by Crippen LogP contribution is -2.44. The van der Waals surface area contributed by atoms with Gasteiger partial charge in [-0.05, 0) is 19.2 Å². The highest BCUT2D eigenvalue weighted by Crippen LogP contribution is 2.20. The molecule has 2 rings (SSSR count). The number of likely N-dealkylation sites (N-methyl/N-ethyl adjacent to an activating group) is 1. The molecule has 1 fully saturated rings. The SMILES string of the molecule is COC(=O)c1ccc(N2CCN(C)CC2)nc1Cl. The molecule has 0 atom stereocenters. The van der Waals surface area contributed by atoms with Crippen LogP contribution >= 0.6 is 11.6 Å². The van der Waals surface area contributed by atoms with Gasteiger partial charge in [0.25, 0.3) is 0 Å². The van der Waals surface area contributed by atoms with Crippen molar-refractivity contribution in [1.82, 2.24) is 9.88 Å². The second kappa shape index (κ2) is 5.54. The minimum Gasteiger partial charge on any atom is -0.465 e. The van der Waals surface area contributed by atoms with E-state index in [1.807, 2.05) is 6.07 Å². The molecule has 0 aliphatic carbocycles. The molecular weight excluding hydrogens is 254 g/mol. The van der Waals surface area contributed by atoms with Crippen LogP contribution in [0.3, 0.4) is 0 Å². The number of esters is 1. The van der Waals surface area contributed by atoms with Crippen LogP contribution in [-0.4, -0.2) is 56.2 Å². The molecule has 0 amide bonds. The molecule has 0 spiro atoms. The number of methoxy groups -OCH3 is 1. The molecule has 1 saturated heterocycles. The van der Waals surface area contributed by atoms with E-state index in [1.54, 1.807) is 6.07 Å². The minimum atomic E-state index is -0.461. The van der Waals surface area contributed by atoms with Gasteiger partial charge in [0.1, 0.15) is 11.0 Å². The zero-order valence-corrected chi connectivity index (χ0v) is 11.3. The quantitative estimate of drug-likeness (QED) is 0.598. The summed E-state index contributed by atoms with van der Waals surface area (Å²) >= 11 is 6.00. The summed E-state index contributed by atoms with van der Waals surface area (Å²) in [6.07, 6.45) is 0. The number of nitrogens with zero attached hydrogens (tertiary/aromatic N) is 3. The van der Waals surface area contributed by atoms with Gasteiger partial charge in [0.2, 0.25) is 0 Å². The van der Waals surface area contributed by atoms with Gasteiger partial charge in [-0.25, -0.2) is 9.78 Å². The van der Waals surface area contributed by atoms with Crippen molar-refractivity contribution in [1.29, 1.82) is 0 Å². The zero-order valence-electron chi connectivity index (χ0n) is 10.5. The topological polar surface area (TPSA) is 45.7 Å². The van der Waals surface area contributed by atoms with Gasteiger partial charge in [-0.3, -0.25) is 0 Å². The highest BCUT2D eigenvalue weighted by molar-refractivity contribution is 6.32. The van der Waals surface area contributed by atoms with Crippen LogP contribution in [0.15, 0.2) is 12.1 Å². The van der Waals surface area contributed by atoms with E-state index in [0.717, 1.165) is 32.0 Å². The molecule has 18 heavy (non-hydrogen) atoms. The molecule has 0 aromatic carbocycles. The Morgan fingerprint density at radius 1 is 1.33 bits per heavy atom. The molecule has 1 aliphatic heterocycles. The zero-order chi connectivity index (χ0) is 13.1. The molecule has 0 saturated carbocycles. The van der Waals surface area contributed by atoms with Crippen molar-refractivity contribution in [3.05, 3.63) is 22.8 Å². The molecule has 6 heteroatoms. The van der Waals surface area contributed by atoms with E-state index >= 15 is 0 Å². The average Bonchev–Trinajstić information content (AvgIpc) is 2.38. The monoisotopic (exact) mass is 269 g/mol. The molecule has 5 nitrogen and oxygen atoms in total. The lowest BCUT2D eigenvalue weighted by atomic mass is 10.2. The number of carbonyl (C=O) groups is 1. The molecule has 1 aromatic heterocycles. The molecular formula is C12H16ClN3O2. The smallest absolute Gasteiger partial charge is 0.341 e. The fraction of sp³-hybridized carbons (Fsp3) is 0.500. The highest BCUT2D eigenvalue weighted by Gasteiger charge is 2.18. The number of aromatic nitrogens is 1. The number of hydrogen-bond acceptors (Lipinski definition) is 5. The summed E-state index contributed by atoms with van der Waals surface area (Å²) in [5, 5.41) is 0.193. The van der Waals surface area contributed by atoms with Gasteiger partial charge < -0.3 is 14.5 Å². The second-order valence-corrected chi connectivity index (χ2v) is 4.65. The molecule has 2 heterocycles. The lowest BCUT2D eigenvalue weighted by molar-refractivity contribution is 0.0600. The molecule has 98 valence electrons. The largest absolute Gasteiger partial charge is 0.465 e. The third kappa shape index (κ3) is 2.73. The van der Waals surface area contributed by atoms with E-state index in [9.17, 15) is 4.79 Å². The van der Waals surface area contributed by atoms with Crippen LogP contribution in [0, 0.1) is 0 Å². The first-order chi connectivity index (χ1) is 8.61. The summed E-state index contributed by atoms with van der Waals surface area (Å²) in [4.78, 5) is 20.1. The summed E-state index contributed by atoms with van der Waals surface area (Å²) < 4.78 is 4.63. The van der Waals surface area contributed by atoms with Crippen LogP contribution < -0.4 is 4.90 Å². The normalized spacial score (nSPS) is 16.7. The van der Waals surface area contributed by atoms with Crippen molar-refractivity contribution in [2.75, 3.05) is 45.2 Å². The van der Waals surface area contributed by atoms with Crippen LogP contribution in [0.25, 0.3) is 0 Å². The van der Waals surface area contributed by atoms with E-state index < -0.39 is 5.97 Å². The van der Waals surface area contributed by atoms with Gasteiger partial charge in [0.05, 0.1) is 12.7 Å². The number of rotatable bonds is 2. The van der Waals surface area contributed by atoms with E-state index in [-0.39, 0.29) is 5.15 Å². The minimum absolute atomic E-state index is 0.193. The number of piperazine rings is 1. The third-order valence-electron chi connectivity index (χ3n) is 3.07. The Balaban J connectivity index is 2.16. The van der Waals surface area contributed by atoms with Crippen molar-refractivity contribution < 1.29 is 9.53 Å². The highest BCUT2D eigenvalue weighted by atomic mass is 35.5. The number of ether oxygens (including phenoxy) is 1. The summed E-state index contributed by atoms with van der Waals surface area (Å²) in [6.45, 7) is 3.82. The van der Waals surface area contributed by atoms with E-state index in [4.69, 9.17) is 11.6 Å². The second-order valence-electron chi connectivity index (χ2n) is 4.29. The fourth-order valence-corrected chi connectivity index (χ4v) is 2.13. The van der Waals surface area contributed by atoms with Gasteiger partial charge >= 0.3 is 5.97 Å². The van der Waals surface area contributed by atoms with Crippen molar-refractivity contribution in [3.63, 3.8) is 0 Å². The lowest BCUT2D eigenvalue weighted by Gasteiger charge is -2.33. The standard InChI is InChI=1S/C12H16ClN3O2/c1-15-5-7-16(8-6-15)10-4-3-9(11(13)14-10)12(17)18-2/h3-4H,5-8H2,1-2H3. The summed E-state index contributed by atoms with van der Waals surface area (Å²) in [6, 6.07) is 3.47. The number of halogens is 1. The van der Waals surface area contributed by atoms with Gasteiger partial charge in [0, 0.05) is 26.2 Å². The fourth-order valence-electron chi connectivity index (χ4n) is 1.90.